The highest BCUT2D eigenvalue weighted by molar-refractivity contribution is 8.18. The molecule has 6 nitrogen and oxygen atoms in total. The van der Waals surface area contributed by atoms with Crippen molar-refractivity contribution in [3.8, 4) is 0 Å². The molecule has 1 aromatic heterocycles. The zero-order chi connectivity index (χ0) is 13.3. The van der Waals surface area contributed by atoms with Crippen LogP contribution in [0.2, 0.25) is 0 Å². The summed E-state index contributed by atoms with van der Waals surface area (Å²) in [6.07, 6.45) is 1.41. The van der Waals surface area contributed by atoms with Crippen molar-refractivity contribution >= 4 is 35.0 Å². The third-order valence-corrected chi connectivity index (χ3v) is 3.17. The molecule has 2 rings (SSSR count). The normalized spacial score (nSPS) is 19.1. The fourth-order valence-electron chi connectivity index (χ4n) is 1.35. The number of carboxylic acid groups (broad SMARTS) is 1. The average molecular weight is 267 g/mol. The molecule has 2 amide bonds. The standard InChI is InChI=1S/C11H9NO5S/c1-5(10(14)15)7-3-2-6(17-7)4-8-9(13)12-11(16)18-8/h2-5H,1H3,(H,14,15)(H,12,13,16)/b8-4+. The van der Waals surface area contributed by atoms with Crippen LogP contribution >= 0.6 is 11.8 Å². The Bertz CT molecular complexity index is 560. The van der Waals surface area contributed by atoms with Gasteiger partial charge in [-0.1, -0.05) is 0 Å². The van der Waals surface area contributed by atoms with E-state index in [2.05, 4.69) is 5.32 Å². The van der Waals surface area contributed by atoms with Crippen molar-refractivity contribution in [3.05, 3.63) is 28.6 Å². The van der Waals surface area contributed by atoms with Gasteiger partial charge >= 0.3 is 5.97 Å². The Labute approximate surface area is 106 Å². The van der Waals surface area contributed by atoms with E-state index in [9.17, 15) is 14.4 Å². The number of carbonyl (C=O) groups is 3. The molecule has 2 N–H and O–H groups in total. The van der Waals surface area contributed by atoms with Crippen LogP contribution in [0.25, 0.3) is 6.08 Å². The Hall–Kier alpha value is -2.02. The van der Waals surface area contributed by atoms with Crippen molar-refractivity contribution in [1.29, 1.82) is 0 Å². The molecule has 1 saturated heterocycles. The van der Waals surface area contributed by atoms with Gasteiger partial charge in [-0.25, -0.2) is 0 Å². The van der Waals surface area contributed by atoms with Crippen LogP contribution in [0, 0.1) is 0 Å². The van der Waals surface area contributed by atoms with E-state index in [-0.39, 0.29) is 4.91 Å². The predicted molar refractivity (Wildman–Crippen MR) is 63.9 cm³/mol. The van der Waals surface area contributed by atoms with E-state index in [0.717, 1.165) is 11.8 Å². The van der Waals surface area contributed by atoms with Crippen molar-refractivity contribution in [3.63, 3.8) is 0 Å². The van der Waals surface area contributed by atoms with E-state index in [0.29, 0.717) is 11.5 Å². The summed E-state index contributed by atoms with van der Waals surface area (Å²) >= 11 is 0.778. The quantitative estimate of drug-likeness (QED) is 0.810. The molecule has 0 radical (unpaired) electrons. The second-order valence-electron chi connectivity index (χ2n) is 3.65. The Kier molecular flexibility index (Phi) is 3.24. The number of carbonyl (C=O) groups excluding carboxylic acids is 2. The summed E-state index contributed by atoms with van der Waals surface area (Å²) < 4.78 is 5.29. The molecule has 2 heterocycles. The first-order valence-electron chi connectivity index (χ1n) is 5.05. The molecule has 18 heavy (non-hydrogen) atoms. The highest BCUT2D eigenvalue weighted by Gasteiger charge is 2.25. The first-order valence-corrected chi connectivity index (χ1v) is 5.86. The lowest BCUT2D eigenvalue weighted by Crippen LogP contribution is -2.17. The number of furan rings is 1. The second kappa shape index (κ2) is 4.69. The third kappa shape index (κ3) is 2.45. The van der Waals surface area contributed by atoms with Crippen molar-refractivity contribution in [2.24, 2.45) is 0 Å². The predicted octanol–water partition coefficient (Wildman–Crippen LogP) is 1.79. The van der Waals surface area contributed by atoms with Crippen LogP contribution in [0.5, 0.6) is 0 Å². The Balaban J connectivity index is 2.21. The zero-order valence-electron chi connectivity index (χ0n) is 9.30. The molecule has 1 fully saturated rings. The molecular formula is C11H9NO5S. The van der Waals surface area contributed by atoms with Gasteiger partial charge in [-0.2, -0.15) is 0 Å². The lowest BCUT2D eigenvalue weighted by atomic mass is 10.1. The minimum absolute atomic E-state index is 0.226. The van der Waals surface area contributed by atoms with Gasteiger partial charge in [0.05, 0.1) is 4.91 Å². The van der Waals surface area contributed by atoms with Crippen molar-refractivity contribution in [2.75, 3.05) is 0 Å². The van der Waals surface area contributed by atoms with Gasteiger partial charge < -0.3 is 9.52 Å². The molecule has 94 valence electrons. The van der Waals surface area contributed by atoms with E-state index in [1.807, 2.05) is 0 Å². The summed E-state index contributed by atoms with van der Waals surface area (Å²) in [6, 6.07) is 3.09. The highest BCUT2D eigenvalue weighted by atomic mass is 32.2. The number of amides is 2. The number of hydrogen-bond donors (Lipinski definition) is 2. The summed E-state index contributed by atoms with van der Waals surface area (Å²) in [5.74, 6) is -1.60. The largest absolute Gasteiger partial charge is 0.481 e. The van der Waals surface area contributed by atoms with E-state index < -0.39 is 23.0 Å². The molecule has 1 atom stereocenters. The van der Waals surface area contributed by atoms with Gasteiger partial charge in [0.15, 0.2) is 0 Å². The average Bonchev–Trinajstić information content (AvgIpc) is 2.86. The molecule has 1 aliphatic rings. The monoisotopic (exact) mass is 267 g/mol. The lowest BCUT2D eigenvalue weighted by Gasteiger charge is -2.00. The van der Waals surface area contributed by atoms with Gasteiger partial charge in [-0.3, -0.25) is 19.7 Å². The van der Waals surface area contributed by atoms with Gasteiger partial charge in [0, 0.05) is 6.08 Å². The Morgan fingerprint density at radius 1 is 1.50 bits per heavy atom. The molecule has 0 saturated carbocycles. The van der Waals surface area contributed by atoms with Crippen LogP contribution in [0.4, 0.5) is 4.79 Å². The van der Waals surface area contributed by atoms with Gasteiger partial charge in [0.25, 0.3) is 11.1 Å². The Morgan fingerprint density at radius 2 is 2.22 bits per heavy atom. The fourth-order valence-corrected chi connectivity index (χ4v) is 2.01. The summed E-state index contributed by atoms with van der Waals surface area (Å²) in [5, 5.41) is 10.5. The number of imide groups is 1. The van der Waals surface area contributed by atoms with Crippen molar-refractivity contribution in [2.45, 2.75) is 12.8 Å². The molecule has 0 aromatic carbocycles. The van der Waals surface area contributed by atoms with Gasteiger partial charge in [0.1, 0.15) is 17.4 Å². The number of carboxylic acids is 1. The summed E-state index contributed by atoms with van der Waals surface area (Å²) in [4.78, 5) is 33.2. The molecule has 1 aromatic rings. The van der Waals surface area contributed by atoms with Gasteiger partial charge in [0.2, 0.25) is 0 Å². The number of thioether (sulfide) groups is 1. The minimum Gasteiger partial charge on any atom is -0.481 e. The maximum atomic E-state index is 11.3. The molecule has 0 bridgehead atoms. The number of hydrogen-bond acceptors (Lipinski definition) is 5. The van der Waals surface area contributed by atoms with Crippen LogP contribution < -0.4 is 5.32 Å². The van der Waals surface area contributed by atoms with Gasteiger partial charge in [-0.05, 0) is 30.8 Å². The maximum Gasteiger partial charge on any atom is 0.313 e. The van der Waals surface area contributed by atoms with Crippen molar-refractivity contribution < 1.29 is 23.9 Å². The molecule has 7 heteroatoms. The van der Waals surface area contributed by atoms with Crippen LogP contribution in [-0.4, -0.2) is 22.2 Å². The summed E-state index contributed by atoms with van der Waals surface area (Å²) in [6.45, 7) is 1.50. The first kappa shape index (κ1) is 12.4. The minimum atomic E-state index is -0.994. The number of nitrogens with one attached hydrogen (secondary N) is 1. The topological polar surface area (TPSA) is 96.6 Å². The molecule has 0 aliphatic carbocycles. The van der Waals surface area contributed by atoms with Crippen LogP contribution in [0.3, 0.4) is 0 Å². The summed E-state index contributed by atoms with van der Waals surface area (Å²) in [5.41, 5.74) is 0. The van der Waals surface area contributed by atoms with E-state index >= 15 is 0 Å². The fraction of sp³-hybridized carbons (Fsp3) is 0.182. The highest BCUT2D eigenvalue weighted by Crippen LogP contribution is 2.27. The second-order valence-corrected chi connectivity index (χ2v) is 4.67. The van der Waals surface area contributed by atoms with Crippen LogP contribution in [0.15, 0.2) is 21.5 Å². The third-order valence-electron chi connectivity index (χ3n) is 2.36. The SMILES string of the molecule is CC(C(=O)O)c1ccc(/C=C2/SC(=O)NC2=O)o1. The maximum absolute atomic E-state index is 11.3. The Morgan fingerprint density at radius 3 is 2.78 bits per heavy atom. The summed E-state index contributed by atoms with van der Waals surface area (Å²) in [7, 11) is 0. The molecule has 0 spiro atoms. The van der Waals surface area contributed by atoms with E-state index in [1.165, 1.54) is 19.1 Å². The zero-order valence-corrected chi connectivity index (χ0v) is 10.1. The number of aliphatic carboxylic acids is 1. The molecule has 1 aliphatic heterocycles. The number of rotatable bonds is 3. The first-order chi connectivity index (χ1) is 8.47. The van der Waals surface area contributed by atoms with E-state index in [4.69, 9.17) is 9.52 Å². The molecule has 1 unspecified atom stereocenters. The van der Waals surface area contributed by atoms with Gasteiger partial charge in [-0.15, -0.1) is 0 Å². The molecular weight excluding hydrogens is 258 g/mol. The van der Waals surface area contributed by atoms with Crippen LogP contribution in [-0.2, 0) is 9.59 Å². The lowest BCUT2D eigenvalue weighted by molar-refractivity contribution is -0.138. The van der Waals surface area contributed by atoms with Crippen molar-refractivity contribution in [1.82, 2.24) is 5.32 Å². The van der Waals surface area contributed by atoms with E-state index in [1.54, 1.807) is 6.07 Å². The van der Waals surface area contributed by atoms with Crippen LogP contribution in [0.1, 0.15) is 24.4 Å². The smallest absolute Gasteiger partial charge is 0.313 e.